The minimum atomic E-state index is 0.401. The van der Waals surface area contributed by atoms with Crippen molar-refractivity contribution in [1.82, 2.24) is 5.32 Å². The Hall–Kier alpha value is -0.380. The van der Waals surface area contributed by atoms with Crippen LogP contribution in [0.15, 0.2) is 28.7 Å². The number of ether oxygens (including phenoxy) is 1. The summed E-state index contributed by atoms with van der Waals surface area (Å²) in [6.45, 7) is 5.22. The van der Waals surface area contributed by atoms with E-state index in [1.54, 1.807) is 0 Å². The molecule has 1 aromatic rings. The van der Waals surface area contributed by atoms with Crippen LogP contribution in [-0.4, -0.2) is 18.8 Å². The Bertz CT molecular complexity index is 472. The van der Waals surface area contributed by atoms with E-state index in [9.17, 15) is 0 Å². The van der Waals surface area contributed by atoms with Gasteiger partial charge in [0.1, 0.15) is 0 Å². The summed E-state index contributed by atoms with van der Waals surface area (Å²) in [6.07, 6.45) is 5.70. The lowest BCUT2D eigenvalue weighted by molar-refractivity contribution is -0.174. The molecule has 0 saturated heterocycles. The van der Waals surface area contributed by atoms with Crippen LogP contribution in [0.4, 0.5) is 0 Å². The summed E-state index contributed by atoms with van der Waals surface area (Å²) in [4.78, 5) is 0. The van der Waals surface area contributed by atoms with Crippen molar-refractivity contribution in [3.8, 4) is 0 Å². The molecule has 1 spiro atoms. The fraction of sp³-hybridized carbons (Fsp3) is 0.647. The van der Waals surface area contributed by atoms with E-state index in [1.807, 2.05) is 0 Å². The SMILES string of the molecule is CCOC1CC(NC(C)c2cccc(Br)c2)C12CCC2. The first-order chi connectivity index (χ1) is 9.65. The molecule has 3 heteroatoms. The normalized spacial score (nSPS) is 28.8. The molecule has 110 valence electrons. The fourth-order valence-corrected chi connectivity index (χ4v) is 4.26. The van der Waals surface area contributed by atoms with Crippen molar-refractivity contribution in [1.29, 1.82) is 0 Å². The molecule has 2 aliphatic carbocycles. The highest BCUT2D eigenvalue weighted by Gasteiger charge is 2.58. The molecule has 20 heavy (non-hydrogen) atoms. The number of hydrogen-bond acceptors (Lipinski definition) is 2. The molecule has 0 heterocycles. The average Bonchev–Trinajstić information content (AvgIpc) is 2.35. The maximum Gasteiger partial charge on any atom is 0.0661 e. The summed E-state index contributed by atoms with van der Waals surface area (Å²) in [5.74, 6) is 0. The van der Waals surface area contributed by atoms with E-state index >= 15 is 0 Å². The van der Waals surface area contributed by atoms with Gasteiger partial charge in [-0.3, -0.25) is 0 Å². The van der Waals surface area contributed by atoms with Crippen molar-refractivity contribution in [2.75, 3.05) is 6.61 Å². The molecule has 0 bridgehead atoms. The van der Waals surface area contributed by atoms with Crippen LogP contribution in [0, 0.1) is 5.41 Å². The van der Waals surface area contributed by atoms with E-state index in [1.165, 1.54) is 31.2 Å². The minimum Gasteiger partial charge on any atom is -0.378 e. The van der Waals surface area contributed by atoms with Crippen LogP contribution in [0.25, 0.3) is 0 Å². The standard InChI is InChI=1S/C17H24BrNO/c1-3-20-16-11-15(17(16)8-5-9-17)19-12(2)13-6-4-7-14(18)10-13/h4,6-7,10,12,15-16,19H,3,5,8-9,11H2,1-2H3. The third-order valence-electron chi connectivity index (χ3n) is 5.24. The van der Waals surface area contributed by atoms with Gasteiger partial charge in [-0.25, -0.2) is 0 Å². The van der Waals surface area contributed by atoms with Crippen LogP contribution in [0.2, 0.25) is 0 Å². The molecule has 0 amide bonds. The third kappa shape index (κ3) is 2.44. The zero-order valence-electron chi connectivity index (χ0n) is 12.4. The summed E-state index contributed by atoms with van der Waals surface area (Å²) >= 11 is 3.56. The zero-order valence-corrected chi connectivity index (χ0v) is 13.9. The maximum atomic E-state index is 5.92. The topological polar surface area (TPSA) is 21.3 Å². The Morgan fingerprint density at radius 1 is 1.45 bits per heavy atom. The molecule has 1 aromatic carbocycles. The van der Waals surface area contributed by atoms with Crippen molar-refractivity contribution in [2.24, 2.45) is 5.41 Å². The van der Waals surface area contributed by atoms with E-state index in [2.05, 4.69) is 59.4 Å². The first-order valence-electron chi connectivity index (χ1n) is 7.79. The van der Waals surface area contributed by atoms with Crippen molar-refractivity contribution in [3.63, 3.8) is 0 Å². The van der Waals surface area contributed by atoms with Crippen LogP contribution in [-0.2, 0) is 4.74 Å². The van der Waals surface area contributed by atoms with Crippen molar-refractivity contribution in [3.05, 3.63) is 34.3 Å². The van der Waals surface area contributed by atoms with Gasteiger partial charge in [-0.05, 0) is 50.8 Å². The van der Waals surface area contributed by atoms with Crippen LogP contribution >= 0.6 is 15.9 Å². The van der Waals surface area contributed by atoms with Gasteiger partial charge in [0.2, 0.25) is 0 Å². The molecule has 2 fully saturated rings. The van der Waals surface area contributed by atoms with Gasteiger partial charge in [0.25, 0.3) is 0 Å². The molecular formula is C17H24BrNO. The van der Waals surface area contributed by atoms with Gasteiger partial charge < -0.3 is 10.1 Å². The largest absolute Gasteiger partial charge is 0.378 e. The highest BCUT2D eigenvalue weighted by atomic mass is 79.9. The van der Waals surface area contributed by atoms with E-state index in [-0.39, 0.29) is 0 Å². The molecule has 0 aliphatic heterocycles. The number of halogens is 1. The van der Waals surface area contributed by atoms with Crippen LogP contribution in [0.3, 0.4) is 0 Å². The number of nitrogens with one attached hydrogen (secondary N) is 1. The fourth-order valence-electron chi connectivity index (χ4n) is 3.85. The van der Waals surface area contributed by atoms with Crippen LogP contribution < -0.4 is 5.32 Å². The molecule has 2 nitrogen and oxygen atoms in total. The lowest BCUT2D eigenvalue weighted by Gasteiger charge is -2.61. The van der Waals surface area contributed by atoms with Crippen molar-refractivity contribution in [2.45, 2.75) is 57.7 Å². The zero-order chi connectivity index (χ0) is 14.2. The third-order valence-corrected chi connectivity index (χ3v) is 5.73. The minimum absolute atomic E-state index is 0.401. The lowest BCUT2D eigenvalue weighted by atomic mass is 9.51. The first-order valence-corrected chi connectivity index (χ1v) is 8.58. The highest BCUT2D eigenvalue weighted by molar-refractivity contribution is 9.10. The Kier molecular flexibility index (Phi) is 4.21. The number of benzene rings is 1. The Balaban J connectivity index is 1.64. The summed E-state index contributed by atoms with van der Waals surface area (Å²) < 4.78 is 7.08. The average molecular weight is 338 g/mol. The van der Waals surface area contributed by atoms with E-state index in [4.69, 9.17) is 4.74 Å². The molecule has 3 rings (SSSR count). The quantitative estimate of drug-likeness (QED) is 0.857. The van der Waals surface area contributed by atoms with Gasteiger partial charge in [0.15, 0.2) is 0 Å². The van der Waals surface area contributed by atoms with Crippen LogP contribution in [0.5, 0.6) is 0 Å². The second-order valence-electron chi connectivity index (χ2n) is 6.26. The summed E-state index contributed by atoms with van der Waals surface area (Å²) in [5.41, 5.74) is 1.80. The second kappa shape index (κ2) is 5.78. The van der Waals surface area contributed by atoms with Gasteiger partial charge >= 0.3 is 0 Å². The van der Waals surface area contributed by atoms with E-state index in [0.29, 0.717) is 23.6 Å². The monoisotopic (exact) mass is 337 g/mol. The smallest absolute Gasteiger partial charge is 0.0661 e. The molecule has 3 atom stereocenters. The van der Waals surface area contributed by atoms with Gasteiger partial charge in [0.05, 0.1) is 6.10 Å². The Morgan fingerprint density at radius 3 is 2.85 bits per heavy atom. The second-order valence-corrected chi connectivity index (χ2v) is 7.18. The Morgan fingerprint density at radius 2 is 2.25 bits per heavy atom. The predicted molar refractivity (Wildman–Crippen MR) is 85.8 cm³/mol. The summed E-state index contributed by atoms with van der Waals surface area (Å²) in [6, 6.07) is 9.64. The van der Waals surface area contributed by atoms with E-state index in [0.717, 1.165) is 11.1 Å². The molecule has 1 N–H and O–H groups in total. The van der Waals surface area contributed by atoms with Gasteiger partial charge in [-0.1, -0.05) is 34.5 Å². The number of rotatable bonds is 5. The van der Waals surface area contributed by atoms with Crippen LogP contribution in [0.1, 0.15) is 51.1 Å². The summed E-state index contributed by atoms with van der Waals surface area (Å²) in [5, 5.41) is 3.84. The predicted octanol–water partition coefficient (Wildman–Crippen LogP) is 4.45. The van der Waals surface area contributed by atoms with Crippen molar-refractivity contribution >= 4 is 15.9 Å². The maximum absolute atomic E-state index is 5.92. The lowest BCUT2D eigenvalue weighted by Crippen LogP contribution is -2.67. The molecule has 0 radical (unpaired) electrons. The van der Waals surface area contributed by atoms with Gasteiger partial charge in [-0.15, -0.1) is 0 Å². The molecule has 2 saturated carbocycles. The van der Waals surface area contributed by atoms with Gasteiger partial charge in [0, 0.05) is 28.6 Å². The molecule has 2 aliphatic rings. The van der Waals surface area contributed by atoms with Gasteiger partial charge in [-0.2, -0.15) is 0 Å². The summed E-state index contributed by atoms with van der Waals surface area (Å²) in [7, 11) is 0. The highest BCUT2D eigenvalue weighted by Crippen LogP contribution is 2.57. The van der Waals surface area contributed by atoms with Crippen molar-refractivity contribution < 1.29 is 4.74 Å². The molecule has 3 unspecified atom stereocenters. The molecule has 0 aromatic heterocycles. The Labute approximate surface area is 130 Å². The first kappa shape index (κ1) is 14.6. The number of hydrogen-bond donors (Lipinski definition) is 1. The van der Waals surface area contributed by atoms with E-state index < -0.39 is 0 Å². The molecular weight excluding hydrogens is 314 g/mol.